The predicted molar refractivity (Wildman–Crippen MR) is 64.9 cm³/mol. The quantitative estimate of drug-likeness (QED) is 0.871. The van der Waals surface area contributed by atoms with Gasteiger partial charge in [0.25, 0.3) is 0 Å². The van der Waals surface area contributed by atoms with Crippen molar-refractivity contribution in [2.45, 2.75) is 13.0 Å². The van der Waals surface area contributed by atoms with Crippen LogP contribution in [0.3, 0.4) is 0 Å². The smallest absolute Gasteiger partial charge is 0.223 e. The maximum Gasteiger partial charge on any atom is 0.223 e. The Hall–Kier alpha value is -2.17. The minimum atomic E-state index is 0.108. The van der Waals surface area contributed by atoms with Gasteiger partial charge < -0.3 is 10.1 Å². The van der Waals surface area contributed by atoms with Crippen LogP contribution in [0.15, 0.2) is 36.9 Å². The molecule has 0 fully saturated rings. The summed E-state index contributed by atoms with van der Waals surface area (Å²) in [5, 5.41) is 3.19. The van der Waals surface area contributed by atoms with Gasteiger partial charge in [-0.15, -0.1) is 0 Å². The van der Waals surface area contributed by atoms with Crippen molar-refractivity contribution in [2.75, 3.05) is 12.4 Å². The first-order valence-corrected chi connectivity index (χ1v) is 5.32. The first kappa shape index (κ1) is 11.3. The zero-order valence-corrected chi connectivity index (χ0v) is 9.79. The molecule has 0 amide bonds. The zero-order valence-electron chi connectivity index (χ0n) is 9.79. The number of nitrogens with one attached hydrogen (secondary N) is 1. The third-order valence-corrected chi connectivity index (χ3v) is 2.39. The molecule has 2 aromatic rings. The van der Waals surface area contributed by atoms with Crippen molar-refractivity contribution in [1.29, 1.82) is 0 Å². The third kappa shape index (κ3) is 2.90. The molecule has 1 atom stereocenters. The van der Waals surface area contributed by atoms with Gasteiger partial charge in [0.05, 0.1) is 25.5 Å². The summed E-state index contributed by atoms with van der Waals surface area (Å²) in [6.45, 7) is 2.03. The van der Waals surface area contributed by atoms with E-state index in [0.717, 1.165) is 5.56 Å². The lowest BCUT2D eigenvalue weighted by Crippen LogP contribution is -2.09. The second kappa shape index (κ2) is 5.25. The second-order valence-electron chi connectivity index (χ2n) is 3.60. The fourth-order valence-electron chi connectivity index (χ4n) is 1.41. The Morgan fingerprint density at radius 2 is 2.00 bits per heavy atom. The summed E-state index contributed by atoms with van der Waals surface area (Å²) >= 11 is 0. The van der Waals surface area contributed by atoms with Gasteiger partial charge in [-0.05, 0) is 18.6 Å². The van der Waals surface area contributed by atoms with Crippen LogP contribution in [0.1, 0.15) is 18.5 Å². The number of methoxy groups -OCH3 is 1. The van der Waals surface area contributed by atoms with Crippen LogP contribution in [0, 0.1) is 0 Å². The number of nitrogens with zero attached hydrogens (tertiary/aromatic N) is 3. The topological polar surface area (TPSA) is 59.9 Å². The van der Waals surface area contributed by atoms with E-state index in [1.807, 2.05) is 25.3 Å². The fraction of sp³-hybridized carbons (Fsp3) is 0.250. The molecule has 0 aliphatic carbocycles. The van der Waals surface area contributed by atoms with Crippen molar-refractivity contribution in [2.24, 2.45) is 0 Å². The molecule has 0 spiro atoms. The number of pyridine rings is 1. The van der Waals surface area contributed by atoms with Gasteiger partial charge in [0.15, 0.2) is 5.75 Å². The highest BCUT2D eigenvalue weighted by molar-refractivity contribution is 5.31. The third-order valence-electron chi connectivity index (χ3n) is 2.39. The maximum atomic E-state index is 5.00. The summed E-state index contributed by atoms with van der Waals surface area (Å²) in [5.41, 5.74) is 1.09. The highest BCUT2D eigenvalue weighted by atomic mass is 16.5. The van der Waals surface area contributed by atoms with Crippen LogP contribution in [-0.4, -0.2) is 22.1 Å². The van der Waals surface area contributed by atoms with Crippen molar-refractivity contribution >= 4 is 5.95 Å². The molecule has 17 heavy (non-hydrogen) atoms. The van der Waals surface area contributed by atoms with E-state index in [1.54, 1.807) is 25.7 Å². The predicted octanol–water partition coefficient (Wildman–Crippen LogP) is 2.05. The van der Waals surface area contributed by atoms with E-state index in [-0.39, 0.29) is 6.04 Å². The van der Waals surface area contributed by atoms with Gasteiger partial charge in [-0.25, -0.2) is 9.97 Å². The average Bonchev–Trinajstić information content (AvgIpc) is 2.40. The first-order chi connectivity index (χ1) is 8.29. The maximum absolute atomic E-state index is 5.00. The molecule has 88 valence electrons. The van der Waals surface area contributed by atoms with E-state index < -0.39 is 0 Å². The van der Waals surface area contributed by atoms with Crippen LogP contribution in [0.25, 0.3) is 0 Å². The molecule has 2 heterocycles. The summed E-state index contributed by atoms with van der Waals surface area (Å²) in [6, 6.07) is 4.02. The molecular weight excluding hydrogens is 216 g/mol. The van der Waals surface area contributed by atoms with Gasteiger partial charge in [-0.1, -0.05) is 6.07 Å². The molecule has 2 rings (SSSR count). The monoisotopic (exact) mass is 230 g/mol. The van der Waals surface area contributed by atoms with Crippen LogP contribution in [0.4, 0.5) is 5.95 Å². The molecule has 0 aromatic carbocycles. The van der Waals surface area contributed by atoms with E-state index in [2.05, 4.69) is 20.3 Å². The normalized spacial score (nSPS) is 11.9. The van der Waals surface area contributed by atoms with Crippen molar-refractivity contribution in [3.8, 4) is 5.75 Å². The Labute approximate surface area is 99.9 Å². The number of aromatic nitrogens is 3. The highest BCUT2D eigenvalue weighted by Gasteiger charge is 2.06. The first-order valence-electron chi connectivity index (χ1n) is 5.32. The van der Waals surface area contributed by atoms with E-state index in [0.29, 0.717) is 11.7 Å². The van der Waals surface area contributed by atoms with Crippen LogP contribution in [0.2, 0.25) is 0 Å². The van der Waals surface area contributed by atoms with Crippen LogP contribution >= 0.6 is 0 Å². The summed E-state index contributed by atoms with van der Waals surface area (Å²) in [4.78, 5) is 12.4. The van der Waals surface area contributed by atoms with E-state index in [1.165, 1.54) is 0 Å². The molecule has 0 saturated heterocycles. The molecule has 0 aliphatic rings. The Morgan fingerprint density at radius 1 is 1.24 bits per heavy atom. The summed E-state index contributed by atoms with van der Waals surface area (Å²) in [5.74, 6) is 1.21. The van der Waals surface area contributed by atoms with Gasteiger partial charge in [-0.3, -0.25) is 4.98 Å². The average molecular weight is 230 g/mol. The fourth-order valence-corrected chi connectivity index (χ4v) is 1.41. The zero-order chi connectivity index (χ0) is 12.1. The summed E-state index contributed by atoms with van der Waals surface area (Å²) in [6.07, 6.45) is 6.83. The molecule has 0 bridgehead atoms. The van der Waals surface area contributed by atoms with Gasteiger partial charge in [0, 0.05) is 12.4 Å². The molecule has 1 unspecified atom stereocenters. The Kier molecular flexibility index (Phi) is 3.49. The highest BCUT2D eigenvalue weighted by Crippen LogP contribution is 2.16. The van der Waals surface area contributed by atoms with Crippen molar-refractivity contribution in [1.82, 2.24) is 15.0 Å². The SMILES string of the molecule is COc1cnc(NC(C)c2cccnc2)nc1. The lowest BCUT2D eigenvalue weighted by atomic mass is 10.1. The number of rotatable bonds is 4. The Morgan fingerprint density at radius 3 is 2.59 bits per heavy atom. The van der Waals surface area contributed by atoms with Crippen molar-refractivity contribution in [3.05, 3.63) is 42.5 Å². The lowest BCUT2D eigenvalue weighted by molar-refractivity contribution is 0.411. The number of ether oxygens (including phenoxy) is 1. The van der Waals surface area contributed by atoms with Gasteiger partial charge >= 0.3 is 0 Å². The van der Waals surface area contributed by atoms with Crippen molar-refractivity contribution in [3.63, 3.8) is 0 Å². The summed E-state index contributed by atoms with van der Waals surface area (Å²) < 4.78 is 5.00. The second-order valence-corrected chi connectivity index (χ2v) is 3.60. The molecule has 5 nitrogen and oxygen atoms in total. The largest absolute Gasteiger partial charge is 0.494 e. The van der Waals surface area contributed by atoms with Crippen LogP contribution in [-0.2, 0) is 0 Å². The van der Waals surface area contributed by atoms with E-state index >= 15 is 0 Å². The van der Waals surface area contributed by atoms with Crippen LogP contribution in [0.5, 0.6) is 5.75 Å². The van der Waals surface area contributed by atoms with Gasteiger partial charge in [0.2, 0.25) is 5.95 Å². The molecule has 2 aromatic heterocycles. The van der Waals surface area contributed by atoms with Crippen molar-refractivity contribution < 1.29 is 4.74 Å². The van der Waals surface area contributed by atoms with E-state index in [4.69, 9.17) is 4.74 Å². The van der Waals surface area contributed by atoms with E-state index in [9.17, 15) is 0 Å². The number of hydrogen-bond donors (Lipinski definition) is 1. The lowest BCUT2D eigenvalue weighted by Gasteiger charge is -2.13. The number of anilines is 1. The molecule has 5 heteroatoms. The van der Waals surface area contributed by atoms with Gasteiger partial charge in [0.1, 0.15) is 0 Å². The molecule has 0 saturated carbocycles. The van der Waals surface area contributed by atoms with Gasteiger partial charge in [-0.2, -0.15) is 0 Å². The summed E-state index contributed by atoms with van der Waals surface area (Å²) in [7, 11) is 1.59. The Bertz CT molecular complexity index is 458. The standard InChI is InChI=1S/C12H14N4O/c1-9(10-4-3-5-13-6-10)16-12-14-7-11(17-2)8-15-12/h3-9H,1-2H3,(H,14,15,16). The molecular formula is C12H14N4O. The minimum absolute atomic E-state index is 0.108. The molecule has 0 radical (unpaired) electrons. The molecule has 1 N–H and O–H groups in total. The van der Waals surface area contributed by atoms with Crippen LogP contribution < -0.4 is 10.1 Å². The number of hydrogen-bond acceptors (Lipinski definition) is 5. The molecule has 0 aliphatic heterocycles. The minimum Gasteiger partial charge on any atom is -0.494 e. The Balaban J connectivity index is 2.05.